The lowest BCUT2D eigenvalue weighted by Crippen LogP contribution is -2.54. The molecule has 0 spiro atoms. The molecule has 0 aromatic carbocycles. The van der Waals surface area contributed by atoms with E-state index in [0.29, 0.717) is 19.5 Å². The Morgan fingerprint density at radius 3 is 2.53 bits per heavy atom. The molecule has 0 aromatic rings. The Morgan fingerprint density at radius 1 is 1.29 bits per heavy atom. The SMILES string of the molecule is CCC(C(=O)N1CCNCC1)N1CCNC1=O. The van der Waals surface area contributed by atoms with Crippen molar-refractivity contribution in [2.45, 2.75) is 19.4 Å². The minimum absolute atomic E-state index is 0.0889. The van der Waals surface area contributed by atoms with E-state index in [1.165, 1.54) is 0 Å². The molecule has 0 aliphatic carbocycles. The van der Waals surface area contributed by atoms with Crippen LogP contribution in [0.5, 0.6) is 0 Å². The number of nitrogens with one attached hydrogen (secondary N) is 2. The van der Waals surface area contributed by atoms with Gasteiger partial charge in [0.15, 0.2) is 0 Å². The van der Waals surface area contributed by atoms with Crippen LogP contribution in [0, 0.1) is 0 Å². The van der Waals surface area contributed by atoms with Gasteiger partial charge in [-0.05, 0) is 6.42 Å². The molecule has 2 aliphatic rings. The number of piperazine rings is 1. The van der Waals surface area contributed by atoms with Crippen molar-refractivity contribution in [2.75, 3.05) is 39.3 Å². The number of hydrogen-bond acceptors (Lipinski definition) is 3. The van der Waals surface area contributed by atoms with E-state index in [4.69, 9.17) is 0 Å². The van der Waals surface area contributed by atoms with Gasteiger partial charge in [-0.2, -0.15) is 0 Å². The Kier molecular flexibility index (Phi) is 3.83. The minimum atomic E-state index is -0.296. The molecule has 1 atom stereocenters. The fraction of sp³-hybridized carbons (Fsp3) is 0.818. The van der Waals surface area contributed by atoms with Crippen LogP contribution < -0.4 is 10.6 Å². The van der Waals surface area contributed by atoms with E-state index in [9.17, 15) is 9.59 Å². The fourth-order valence-electron chi connectivity index (χ4n) is 2.41. The molecule has 2 N–H and O–H groups in total. The van der Waals surface area contributed by atoms with E-state index in [1.807, 2.05) is 11.8 Å². The van der Waals surface area contributed by atoms with Gasteiger partial charge in [0.2, 0.25) is 5.91 Å². The predicted molar refractivity (Wildman–Crippen MR) is 63.6 cm³/mol. The van der Waals surface area contributed by atoms with Crippen molar-refractivity contribution in [1.82, 2.24) is 20.4 Å². The second-order valence-corrected chi connectivity index (χ2v) is 4.42. The standard InChI is InChI=1S/C11H20N4O2/c1-2-9(15-8-5-13-11(15)17)10(16)14-6-3-12-4-7-14/h9,12H,2-8H2,1H3,(H,13,17). The Morgan fingerprint density at radius 2 is 2.00 bits per heavy atom. The third-order valence-electron chi connectivity index (χ3n) is 3.37. The highest BCUT2D eigenvalue weighted by Crippen LogP contribution is 2.12. The first-order valence-electron chi connectivity index (χ1n) is 6.28. The molecule has 6 heteroatoms. The Bertz CT molecular complexity index is 302. The summed E-state index contributed by atoms with van der Waals surface area (Å²) >= 11 is 0. The lowest BCUT2D eigenvalue weighted by molar-refractivity contribution is -0.136. The van der Waals surface area contributed by atoms with Gasteiger partial charge in [-0.15, -0.1) is 0 Å². The highest BCUT2D eigenvalue weighted by molar-refractivity contribution is 5.88. The molecule has 2 fully saturated rings. The van der Waals surface area contributed by atoms with Crippen LogP contribution in [0.3, 0.4) is 0 Å². The lowest BCUT2D eigenvalue weighted by Gasteiger charge is -2.33. The molecular formula is C11H20N4O2. The van der Waals surface area contributed by atoms with Gasteiger partial charge in [-0.1, -0.05) is 6.92 Å². The topological polar surface area (TPSA) is 64.7 Å². The predicted octanol–water partition coefficient (Wildman–Crippen LogP) is -0.778. The van der Waals surface area contributed by atoms with E-state index in [-0.39, 0.29) is 18.0 Å². The average Bonchev–Trinajstić information content (AvgIpc) is 2.78. The van der Waals surface area contributed by atoms with Crippen LogP contribution in [0.1, 0.15) is 13.3 Å². The maximum absolute atomic E-state index is 12.3. The third-order valence-corrected chi connectivity index (χ3v) is 3.37. The zero-order valence-corrected chi connectivity index (χ0v) is 10.2. The van der Waals surface area contributed by atoms with Crippen molar-refractivity contribution in [3.05, 3.63) is 0 Å². The molecule has 6 nitrogen and oxygen atoms in total. The molecule has 0 aromatic heterocycles. The second-order valence-electron chi connectivity index (χ2n) is 4.42. The zero-order valence-electron chi connectivity index (χ0n) is 10.2. The van der Waals surface area contributed by atoms with Crippen molar-refractivity contribution in [3.63, 3.8) is 0 Å². The van der Waals surface area contributed by atoms with Crippen molar-refractivity contribution in [1.29, 1.82) is 0 Å². The molecule has 3 amide bonds. The van der Waals surface area contributed by atoms with E-state index in [1.54, 1.807) is 4.90 Å². The number of rotatable bonds is 3. The van der Waals surface area contributed by atoms with E-state index in [2.05, 4.69) is 10.6 Å². The summed E-state index contributed by atoms with van der Waals surface area (Å²) in [5.41, 5.74) is 0. The van der Waals surface area contributed by atoms with Crippen molar-refractivity contribution in [2.24, 2.45) is 0 Å². The van der Waals surface area contributed by atoms with Gasteiger partial charge in [0.05, 0.1) is 0 Å². The molecule has 2 aliphatic heterocycles. The van der Waals surface area contributed by atoms with E-state index in [0.717, 1.165) is 26.2 Å². The first-order valence-corrected chi connectivity index (χ1v) is 6.28. The fourth-order valence-corrected chi connectivity index (χ4v) is 2.41. The number of hydrogen-bond donors (Lipinski definition) is 2. The third kappa shape index (κ3) is 2.52. The van der Waals surface area contributed by atoms with Gasteiger partial charge in [-0.3, -0.25) is 4.79 Å². The van der Waals surface area contributed by atoms with Gasteiger partial charge >= 0.3 is 6.03 Å². The molecule has 0 saturated carbocycles. The maximum Gasteiger partial charge on any atom is 0.318 e. The van der Waals surface area contributed by atoms with Crippen molar-refractivity contribution in [3.8, 4) is 0 Å². The lowest BCUT2D eigenvalue weighted by atomic mass is 10.1. The smallest absolute Gasteiger partial charge is 0.318 e. The van der Waals surface area contributed by atoms with Crippen LogP contribution in [-0.2, 0) is 4.79 Å². The molecule has 17 heavy (non-hydrogen) atoms. The largest absolute Gasteiger partial charge is 0.338 e. The summed E-state index contributed by atoms with van der Waals surface area (Å²) in [7, 11) is 0. The summed E-state index contributed by atoms with van der Waals surface area (Å²) in [6.07, 6.45) is 0.677. The van der Waals surface area contributed by atoms with E-state index < -0.39 is 0 Å². The molecule has 96 valence electrons. The Labute approximate surface area is 101 Å². The van der Waals surface area contributed by atoms with Gasteiger partial charge in [-0.25, -0.2) is 4.79 Å². The molecule has 2 rings (SSSR count). The molecular weight excluding hydrogens is 220 g/mol. The summed E-state index contributed by atoms with van der Waals surface area (Å²) in [5, 5.41) is 5.96. The highest BCUT2D eigenvalue weighted by atomic mass is 16.2. The van der Waals surface area contributed by atoms with Crippen molar-refractivity contribution >= 4 is 11.9 Å². The molecule has 0 bridgehead atoms. The second kappa shape index (κ2) is 5.35. The quantitative estimate of drug-likeness (QED) is 0.680. The maximum atomic E-state index is 12.3. The van der Waals surface area contributed by atoms with Gasteiger partial charge in [0, 0.05) is 39.3 Å². The van der Waals surface area contributed by atoms with Crippen LogP contribution in [0.15, 0.2) is 0 Å². The number of nitrogens with zero attached hydrogens (tertiary/aromatic N) is 2. The normalized spacial score (nSPS) is 22.5. The van der Waals surface area contributed by atoms with Gasteiger partial charge in [0.25, 0.3) is 0 Å². The first-order chi connectivity index (χ1) is 8.24. The van der Waals surface area contributed by atoms with Crippen molar-refractivity contribution < 1.29 is 9.59 Å². The molecule has 2 heterocycles. The molecule has 0 radical (unpaired) electrons. The monoisotopic (exact) mass is 240 g/mol. The number of amides is 3. The summed E-state index contributed by atoms with van der Waals surface area (Å²) in [4.78, 5) is 27.4. The van der Waals surface area contributed by atoms with Gasteiger partial charge in [0.1, 0.15) is 6.04 Å². The zero-order chi connectivity index (χ0) is 12.3. The van der Waals surface area contributed by atoms with E-state index >= 15 is 0 Å². The molecule has 2 saturated heterocycles. The van der Waals surface area contributed by atoms with Crippen LogP contribution in [-0.4, -0.2) is 67.0 Å². The minimum Gasteiger partial charge on any atom is -0.338 e. The van der Waals surface area contributed by atoms with Crippen LogP contribution in [0.4, 0.5) is 4.79 Å². The summed E-state index contributed by atoms with van der Waals surface area (Å²) in [6, 6.07) is -0.407. The summed E-state index contributed by atoms with van der Waals surface area (Å²) in [5.74, 6) is 0.0889. The van der Waals surface area contributed by atoms with Crippen LogP contribution in [0.2, 0.25) is 0 Å². The summed E-state index contributed by atoms with van der Waals surface area (Å²) < 4.78 is 0. The number of carbonyl (C=O) groups is 2. The Balaban J connectivity index is 2.01. The number of carbonyl (C=O) groups excluding carboxylic acids is 2. The van der Waals surface area contributed by atoms with Crippen LogP contribution in [0.25, 0.3) is 0 Å². The number of urea groups is 1. The average molecular weight is 240 g/mol. The summed E-state index contributed by atoms with van der Waals surface area (Å²) in [6.45, 7) is 6.40. The van der Waals surface area contributed by atoms with Crippen LogP contribution >= 0.6 is 0 Å². The van der Waals surface area contributed by atoms with Gasteiger partial charge < -0.3 is 20.4 Å². The first kappa shape index (κ1) is 12.2. The highest BCUT2D eigenvalue weighted by Gasteiger charge is 2.34. The Hall–Kier alpha value is -1.30. The molecule has 1 unspecified atom stereocenters.